The SMILES string of the molecule is COC(=O)[C@]1([C@H](C)O[Si](C)(C)C(C)(C)C)CCN=N1. The Morgan fingerprint density at radius 2 is 1.95 bits per heavy atom. The molecule has 0 aromatic carbocycles. The summed E-state index contributed by atoms with van der Waals surface area (Å²) in [4.78, 5) is 12.1. The van der Waals surface area contributed by atoms with Gasteiger partial charge in [-0.25, -0.2) is 4.79 Å². The molecule has 0 amide bonds. The molecule has 0 aliphatic carbocycles. The van der Waals surface area contributed by atoms with Crippen molar-refractivity contribution in [1.29, 1.82) is 0 Å². The summed E-state index contributed by atoms with van der Waals surface area (Å²) in [5.74, 6) is -0.347. The van der Waals surface area contributed by atoms with Crippen LogP contribution in [0.5, 0.6) is 0 Å². The molecule has 1 heterocycles. The number of rotatable bonds is 4. The van der Waals surface area contributed by atoms with Crippen LogP contribution in [0.1, 0.15) is 34.1 Å². The molecule has 0 aromatic heterocycles. The van der Waals surface area contributed by atoms with Gasteiger partial charge in [-0.1, -0.05) is 20.8 Å². The fourth-order valence-corrected chi connectivity index (χ4v) is 3.37. The maximum absolute atomic E-state index is 12.1. The number of carbonyl (C=O) groups is 1. The fraction of sp³-hybridized carbons (Fsp3) is 0.923. The Labute approximate surface area is 116 Å². The second-order valence-electron chi connectivity index (χ2n) is 6.65. The number of hydrogen-bond donors (Lipinski definition) is 0. The van der Waals surface area contributed by atoms with Gasteiger partial charge in [0.15, 0.2) is 8.32 Å². The first kappa shape index (κ1) is 16.3. The van der Waals surface area contributed by atoms with Gasteiger partial charge in [0.05, 0.1) is 19.8 Å². The normalized spacial score (nSPS) is 25.4. The van der Waals surface area contributed by atoms with Crippen molar-refractivity contribution in [1.82, 2.24) is 0 Å². The predicted octanol–water partition coefficient (Wildman–Crippen LogP) is 3.16. The van der Waals surface area contributed by atoms with Crippen LogP contribution >= 0.6 is 0 Å². The summed E-state index contributed by atoms with van der Waals surface area (Å²) < 4.78 is 11.2. The summed E-state index contributed by atoms with van der Waals surface area (Å²) in [5.41, 5.74) is -0.954. The second-order valence-corrected chi connectivity index (χ2v) is 11.4. The lowest BCUT2D eigenvalue weighted by Crippen LogP contribution is -2.53. The van der Waals surface area contributed by atoms with Gasteiger partial charge in [0.1, 0.15) is 0 Å². The second kappa shape index (κ2) is 5.32. The summed E-state index contributed by atoms with van der Waals surface area (Å²) in [6.45, 7) is 13.3. The van der Waals surface area contributed by atoms with Gasteiger partial charge in [-0.2, -0.15) is 10.2 Å². The Morgan fingerprint density at radius 3 is 2.32 bits per heavy atom. The largest absolute Gasteiger partial charge is 0.467 e. The lowest BCUT2D eigenvalue weighted by atomic mass is 9.91. The number of nitrogens with zero attached hydrogens (tertiary/aromatic N) is 2. The van der Waals surface area contributed by atoms with Crippen LogP contribution in [0.15, 0.2) is 10.2 Å². The molecule has 19 heavy (non-hydrogen) atoms. The van der Waals surface area contributed by atoms with Gasteiger partial charge in [-0.3, -0.25) is 0 Å². The Bertz CT molecular complexity index is 377. The van der Waals surface area contributed by atoms with E-state index in [9.17, 15) is 4.79 Å². The average Bonchev–Trinajstić information content (AvgIpc) is 2.76. The topological polar surface area (TPSA) is 60.2 Å². The Kier molecular flexibility index (Phi) is 4.57. The number of ether oxygens (including phenoxy) is 1. The minimum Gasteiger partial charge on any atom is -0.467 e. The summed E-state index contributed by atoms with van der Waals surface area (Å²) >= 11 is 0. The van der Waals surface area contributed by atoms with Crippen LogP contribution in [0.4, 0.5) is 0 Å². The summed E-state index contributed by atoms with van der Waals surface area (Å²) in [6, 6.07) is 0. The smallest absolute Gasteiger partial charge is 0.338 e. The van der Waals surface area contributed by atoms with E-state index in [0.717, 1.165) is 0 Å². The zero-order chi connectivity index (χ0) is 14.9. The van der Waals surface area contributed by atoms with Gasteiger partial charge >= 0.3 is 5.97 Å². The Morgan fingerprint density at radius 1 is 1.37 bits per heavy atom. The molecule has 0 saturated carbocycles. The minimum atomic E-state index is -1.95. The maximum atomic E-state index is 12.1. The van der Waals surface area contributed by atoms with E-state index < -0.39 is 13.9 Å². The lowest BCUT2D eigenvalue weighted by Gasteiger charge is -2.41. The van der Waals surface area contributed by atoms with E-state index in [1.165, 1.54) is 7.11 Å². The van der Waals surface area contributed by atoms with Gasteiger partial charge in [0, 0.05) is 6.42 Å². The van der Waals surface area contributed by atoms with Crippen LogP contribution in [0.25, 0.3) is 0 Å². The van der Waals surface area contributed by atoms with Crippen molar-refractivity contribution >= 4 is 14.3 Å². The van der Waals surface area contributed by atoms with Gasteiger partial charge in [-0.05, 0) is 25.1 Å². The van der Waals surface area contributed by atoms with E-state index in [1.54, 1.807) is 0 Å². The number of hydrogen-bond acceptors (Lipinski definition) is 5. The minimum absolute atomic E-state index is 0.0916. The van der Waals surface area contributed by atoms with Crippen molar-refractivity contribution in [2.75, 3.05) is 13.7 Å². The summed E-state index contributed by atoms with van der Waals surface area (Å²) in [5, 5.41) is 8.22. The monoisotopic (exact) mass is 286 g/mol. The van der Waals surface area contributed by atoms with E-state index in [2.05, 4.69) is 44.1 Å². The van der Waals surface area contributed by atoms with Crippen LogP contribution in [0, 0.1) is 0 Å². The van der Waals surface area contributed by atoms with Crippen LogP contribution in [-0.2, 0) is 14.0 Å². The van der Waals surface area contributed by atoms with Gasteiger partial charge < -0.3 is 9.16 Å². The van der Waals surface area contributed by atoms with Crippen molar-refractivity contribution in [3.63, 3.8) is 0 Å². The van der Waals surface area contributed by atoms with Crippen molar-refractivity contribution in [2.24, 2.45) is 10.2 Å². The molecule has 110 valence electrons. The number of methoxy groups -OCH3 is 1. The first-order chi connectivity index (χ1) is 8.57. The van der Waals surface area contributed by atoms with Crippen molar-refractivity contribution in [3.8, 4) is 0 Å². The molecule has 1 rings (SSSR count). The predicted molar refractivity (Wildman–Crippen MR) is 76.8 cm³/mol. The molecule has 0 aromatic rings. The molecule has 0 bridgehead atoms. The molecule has 2 atom stereocenters. The first-order valence-corrected chi connectivity index (χ1v) is 9.62. The molecule has 0 spiro atoms. The quantitative estimate of drug-likeness (QED) is 0.589. The highest BCUT2D eigenvalue weighted by molar-refractivity contribution is 6.74. The van der Waals surface area contributed by atoms with E-state index in [4.69, 9.17) is 9.16 Å². The molecule has 1 aliphatic heterocycles. The van der Waals surface area contributed by atoms with E-state index in [0.29, 0.717) is 13.0 Å². The fourth-order valence-electron chi connectivity index (χ4n) is 1.93. The molecule has 0 unspecified atom stereocenters. The molecule has 6 heteroatoms. The van der Waals surface area contributed by atoms with E-state index in [1.807, 2.05) is 6.92 Å². The first-order valence-electron chi connectivity index (χ1n) is 6.72. The zero-order valence-electron chi connectivity index (χ0n) is 13.1. The van der Waals surface area contributed by atoms with E-state index in [-0.39, 0.29) is 17.1 Å². The zero-order valence-corrected chi connectivity index (χ0v) is 14.1. The third-order valence-electron chi connectivity index (χ3n) is 4.33. The molecule has 0 saturated heterocycles. The molecule has 5 nitrogen and oxygen atoms in total. The molecule has 1 aliphatic rings. The number of esters is 1. The molecule has 0 radical (unpaired) electrons. The summed E-state index contributed by atoms with van der Waals surface area (Å²) in [6.07, 6.45) is 0.252. The van der Waals surface area contributed by atoms with Gasteiger partial charge in [-0.15, -0.1) is 0 Å². The average molecular weight is 286 g/mol. The standard InChI is InChI=1S/C13H26N2O3Si/c1-10(18-19(6,7)12(2,3)4)13(11(16)17-5)8-9-14-15-13/h10H,8-9H2,1-7H3/t10-,13+/m0/s1. The van der Waals surface area contributed by atoms with Crippen LogP contribution in [0.2, 0.25) is 18.1 Å². The van der Waals surface area contributed by atoms with Gasteiger partial charge in [0.2, 0.25) is 5.54 Å². The third-order valence-corrected chi connectivity index (χ3v) is 8.89. The highest BCUT2D eigenvalue weighted by atomic mass is 28.4. The summed E-state index contributed by atoms with van der Waals surface area (Å²) in [7, 11) is -0.565. The van der Waals surface area contributed by atoms with Crippen LogP contribution in [-0.4, -0.2) is 39.6 Å². The molecule has 0 N–H and O–H groups in total. The third kappa shape index (κ3) is 3.05. The van der Waals surface area contributed by atoms with Crippen molar-refractivity contribution in [2.45, 2.75) is 63.9 Å². The van der Waals surface area contributed by atoms with Gasteiger partial charge in [0.25, 0.3) is 0 Å². The molecular formula is C13H26N2O3Si. The van der Waals surface area contributed by atoms with Crippen LogP contribution in [0.3, 0.4) is 0 Å². The maximum Gasteiger partial charge on any atom is 0.338 e. The Balaban J connectivity index is 2.95. The highest BCUT2D eigenvalue weighted by Crippen LogP contribution is 2.40. The molecular weight excluding hydrogens is 260 g/mol. The van der Waals surface area contributed by atoms with Crippen molar-refractivity contribution < 1.29 is 14.0 Å². The van der Waals surface area contributed by atoms with E-state index >= 15 is 0 Å². The lowest BCUT2D eigenvalue weighted by molar-refractivity contribution is -0.150. The van der Waals surface area contributed by atoms with Crippen molar-refractivity contribution in [3.05, 3.63) is 0 Å². The van der Waals surface area contributed by atoms with Crippen LogP contribution < -0.4 is 0 Å². The number of azo groups is 1. The molecule has 0 fully saturated rings. The highest BCUT2D eigenvalue weighted by Gasteiger charge is 2.51. The number of carbonyl (C=O) groups excluding carboxylic acids is 1. The Hall–Kier alpha value is -0.753.